The zero-order valence-electron chi connectivity index (χ0n) is 14.5. The van der Waals surface area contributed by atoms with Gasteiger partial charge in [0.25, 0.3) is 5.91 Å². The van der Waals surface area contributed by atoms with Gasteiger partial charge in [-0.05, 0) is 18.6 Å². The number of rotatable bonds is 8. The Morgan fingerprint density at radius 1 is 1.29 bits per heavy atom. The molecule has 1 saturated heterocycles. The number of carbonyl (C=O) groups is 2. The molecule has 6 nitrogen and oxygen atoms in total. The summed E-state index contributed by atoms with van der Waals surface area (Å²) in [5.74, 6) is -0.586. The molecule has 2 amide bonds. The van der Waals surface area contributed by atoms with Gasteiger partial charge in [0.05, 0.1) is 13.2 Å². The lowest BCUT2D eigenvalue weighted by atomic mass is 10.2. The number of allylic oxidation sites excluding steroid dienone is 6. The van der Waals surface area contributed by atoms with Gasteiger partial charge in [-0.25, -0.2) is 0 Å². The van der Waals surface area contributed by atoms with E-state index in [1.54, 1.807) is 18.2 Å². The van der Waals surface area contributed by atoms with Gasteiger partial charge in [-0.1, -0.05) is 30.9 Å². The predicted molar refractivity (Wildman–Crippen MR) is 95.3 cm³/mol. The van der Waals surface area contributed by atoms with Gasteiger partial charge in [0.2, 0.25) is 5.91 Å². The van der Waals surface area contributed by atoms with Crippen molar-refractivity contribution in [2.45, 2.75) is 13.8 Å². The molecule has 1 rings (SSSR count). The Morgan fingerprint density at radius 2 is 2.00 bits per heavy atom. The second kappa shape index (κ2) is 11.4. The van der Waals surface area contributed by atoms with E-state index < -0.39 is 0 Å². The van der Waals surface area contributed by atoms with Crippen LogP contribution in [-0.2, 0) is 14.3 Å². The van der Waals surface area contributed by atoms with Crippen LogP contribution in [0.2, 0.25) is 0 Å². The lowest BCUT2D eigenvalue weighted by Gasteiger charge is -2.26. The molecule has 6 heteroatoms. The molecule has 1 aliphatic heterocycles. The van der Waals surface area contributed by atoms with Gasteiger partial charge in [-0.2, -0.15) is 0 Å². The first kappa shape index (κ1) is 19.9. The Morgan fingerprint density at radius 3 is 2.58 bits per heavy atom. The smallest absolute Gasteiger partial charge is 0.267 e. The number of morpholine rings is 1. The highest BCUT2D eigenvalue weighted by atomic mass is 16.5. The molecule has 0 unspecified atom stereocenters. The normalized spacial score (nSPS) is 16.9. The van der Waals surface area contributed by atoms with Crippen molar-refractivity contribution in [2.24, 2.45) is 0 Å². The molecule has 132 valence electrons. The minimum absolute atomic E-state index is 0.228. The van der Waals surface area contributed by atoms with Crippen LogP contribution < -0.4 is 10.6 Å². The molecule has 1 aliphatic rings. The zero-order chi connectivity index (χ0) is 17.8. The predicted octanol–water partition coefficient (Wildman–Crippen LogP) is 1.14. The summed E-state index contributed by atoms with van der Waals surface area (Å²) < 4.78 is 5.29. The van der Waals surface area contributed by atoms with Gasteiger partial charge in [-0.3, -0.25) is 14.5 Å². The standard InChI is InChI=1S/C18H27N3O3/c1-4-6-7-16(5-2)14-17(20-15(3)22)18(23)19-8-9-21-10-12-24-13-11-21/h4-7,14H,1,8-13H2,2-3H3,(H,19,23)(H,20,22)/b7-6-,16-5+,17-14-. The Labute approximate surface area is 143 Å². The van der Waals surface area contributed by atoms with E-state index in [9.17, 15) is 9.59 Å². The summed E-state index contributed by atoms with van der Waals surface area (Å²) in [4.78, 5) is 25.9. The number of nitrogens with one attached hydrogen (secondary N) is 2. The van der Waals surface area contributed by atoms with Gasteiger partial charge >= 0.3 is 0 Å². The second-order valence-electron chi connectivity index (χ2n) is 5.33. The third-order valence-corrected chi connectivity index (χ3v) is 3.44. The minimum atomic E-state index is -0.301. The molecule has 0 aliphatic carbocycles. The molecule has 24 heavy (non-hydrogen) atoms. The maximum atomic E-state index is 12.3. The maximum absolute atomic E-state index is 12.3. The third-order valence-electron chi connectivity index (χ3n) is 3.44. The minimum Gasteiger partial charge on any atom is -0.379 e. The van der Waals surface area contributed by atoms with Crippen molar-refractivity contribution in [3.8, 4) is 0 Å². The molecule has 0 saturated carbocycles. The second-order valence-corrected chi connectivity index (χ2v) is 5.33. The molecule has 1 heterocycles. The molecular weight excluding hydrogens is 306 g/mol. The van der Waals surface area contributed by atoms with E-state index in [4.69, 9.17) is 4.74 Å². The lowest BCUT2D eigenvalue weighted by Crippen LogP contribution is -2.42. The summed E-state index contributed by atoms with van der Waals surface area (Å²) in [5.41, 5.74) is 1.04. The fourth-order valence-corrected chi connectivity index (χ4v) is 2.17. The largest absolute Gasteiger partial charge is 0.379 e. The molecule has 0 aromatic heterocycles. The lowest BCUT2D eigenvalue weighted by molar-refractivity contribution is -0.122. The van der Waals surface area contributed by atoms with Crippen molar-refractivity contribution in [3.05, 3.63) is 48.2 Å². The van der Waals surface area contributed by atoms with E-state index >= 15 is 0 Å². The molecule has 0 radical (unpaired) electrons. The van der Waals surface area contributed by atoms with Crippen LogP contribution in [0.5, 0.6) is 0 Å². The van der Waals surface area contributed by atoms with Crippen molar-refractivity contribution >= 4 is 11.8 Å². The Bertz CT molecular complexity index is 530. The molecule has 0 aromatic carbocycles. The first-order valence-electron chi connectivity index (χ1n) is 8.09. The molecule has 0 aromatic rings. The summed E-state index contributed by atoms with van der Waals surface area (Å²) in [5, 5.41) is 5.43. The average Bonchev–Trinajstić information content (AvgIpc) is 2.58. The maximum Gasteiger partial charge on any atom is 0.267 e. The summed E-state index contributed by atoms with van der Waals surface area (Å²) in [6.45, 7) is 11.3. The van der Waals surface area contributed by atoms with Crippen LogP contribution in [0.15, 0.2) is 48.2 Å². The number of carbonyl (C=O) groups excluding carboxylic acids is 2. The van der Waals surface area contributed by atoms with E-state index in [1.165, 1.54) is 6.92 Å². The number of amides is 2. The van der Waals surface area contributed by atoms with Crippen molar-refractivity contribution in [3.63, 3.8) is 0 Å². The van der Waals surface area contributed by atoms with Crippen LogP contribution in [0.4, 0.5) is 0 Å². The van der Waals surface area contributed by atoms with Gasteiger partial charge < -0.3 is 15.4 Å². The fourth-order valence-electron chi connectivity index (χ4n) is 2.17. The van der Waals surface area contributed by atoms with Crippen LogP contribution in [0.25, 0.3) is 0 Å². The van der Waals surface area contributed by atoms with Crippen LogP contribution in [-0.4, -0.2) is 56.1 Å². The van der Waals surface area contributed by atoms with Gasteiger partial charge in [0, 0.05) is 33.1 Å². The highest BCUT2D eigenvalue weighted by Crippen LogP contribution is 2.04. The Balaban J connectivity index is 2.64. The topological polar surface area (TPSA) is 70.7 Å². The summed E-state index contributed by atoms with van der Waals surface area (Å²) in [6.07, 6.45) is 8.73. The first-order valence-corrected chi connectivity index (χ1v) is 8.09. The zero-order valence-corrected chi connectivity index (χ0v) is 14.5. The number of ether oxygens (including phenoxy) is 1. The van der Waals surface area contributed by atoms with Crippen molar-refractivity contribution in [1.29, 1.82) is 0 Å². The first-order chi connectivity index (χ1) is 11.6. The van der Waals surface area contributed by atoms with Gasteiger partial charge in [0.1, 0.15) is 5.70 Å². The Hall–Kier alpha value is -2.18. The van der Waals surface area contributed by atoms with E-state index in [-0.39, 0.29) is 17.5 Å². The van der Waals surface area contributed by atoms with Crippen molar-refractivity contribution in [1.82, 2.24) is 15.5 Å². The number of hydrogen-bond donors (Lipinski definition) is 2. The fraction of sp³-hybridized carbons (Fsp3) is 0.444. The summed E-state index contributed by atoms with van der Waals surface area (Å²) in [7, 11) is 0. The number of nitrogens with zero attached hydrogens (tertiary/aromatic N) is 1. The Kier molecular flexibility index (Phi) is 9.41. The van der Waals surface area contributed by atoms with E-state index in [0.29, 0.717) is 6.54 Å². The number of hydrogen-bond acceptors (Lipinski definition) is 4. The molecule has 0 atom stereocenters. The van der Waals surface area contributed by atoms with E-state index in [0.717, 1.165) is 38.4 Å². The monoisotopic (exact) mass is 333 g/mol. The van der Waals surface area contributed by atoms with Crippen molar-refractivity contribution in [2.75, 3.05) is 39.4 Å². The van der Waals surface area contributed by atoms with Crippen molar-refractivity contribution < 1.29 is 14.3 Å². The van der Waals surface area contributed by atoms with E-state index in [1.807, 2.05) is 19.1 Å². The highest BCUT2D eigenvalue weighted by Gasteiger charge is 2.13. The molecule has 0 spiro atoms. The third kappa shape index (κ3) is 7.89. The van der Waals surface area contributed by atoms with Crippen LogP contribution in [0.3, 0.4) is 0 Å². The molecule has 2 N–H and O–H groups in total. The van der Waals surface area contributed by atoms with Crippen LogP contribution >= 0.6 is 0 Å². The van der Waals surface area contributed by atoms with Gasteiger partial charge in [-0.15, -0.1) is 0 Å². The molecule has 1 fully saturated rings. The van der Waals surface area contributed by atoms with Gasteiger partial charge in [0.15, 0.2) is 0 Å². The summed E-state index contributed by atoms with van der Waals surface area (Å²) in [6, 6.07) is 0. The summed E-state index contributed by atoms with van der Waals surface area (Å²) >= 11 is 0. The SMILES string of the molecule is C=C\C=C/C(/C=C(\NC(C)=O)C(=O)NCCN1CCOCC1)=C\C. The molecule has 0 bridgehead atoms. The highest BCUT2D eigenvalue weighted by molar-refractivity contribution is 5.97. The van der Waals surface area contributed by atoms with Crippen LogP contribution in [0, 0.1) is 0 Å². The average molecular weight is 333 g/mol. The van der Waals surface area contributed by atoms with E-state index in [2.05, 4.69) is 22.1 Å². The molecular formula is C18H27N3O3. The van der Waals surface area contributed by atoms with Crippen LogP contribution in [0.1, 0.15) is 13.8 Å². The quantitative estimate of drug-likeness (QED) is 0.516.